The third-order valence-electron chi connectivity index (χ3n) is 6.01. The van der Waals surface area contributed by atoms with Crippen molar-refractivity contribution in [1.29, 1.82) is 0 Å². The molecule has 180 valence electrons. The zero-order valence-electron chi connectivity index (χ0n) is 20.9. The lowest BCUT2D eigenvalue weighted by molar-refractivity contribution is -0.134. The molecule has 3 rings (SSSR count). The average Bonchev–Trinajstić information content (AvgIpc) is 3.27. The van der Waals surface area contributed by atoms with Crippen molar-refractivity contribution >= 4 is 11.8 Å². The second-order valence-corrected chi connectivity index (χ2v) is 9.50. The summed E-state index contributed by atoms with van der Waals surface area (Å²) in [4.78, 5) is 30.3. The Morgan fingerprint density at radius 2 is 1.50 bits per heavy atom. The van der Waals surface area contributed by atoms with E-state index in [0.29, 0.717) is 24.6 Å². The molecule has 0 aliphatic rings. The predicted molar refractivity (Wildman–Crippen MR) is 137 cm³/mol. The van der Waals surface area contributed by atoms with E-state index in [9.17, 15) is 9.59 Å². The summed E-state index contributed by atoms with van der Waals surface area (Å²) in [5, 5.41) is 0. The molecule has 0 radical (unpaired) electrons. The molecule has 2 amide bonds. The molecule has 0 N–H and O–H groups in total. The molecular formula is C29H37N3O2. The molecule has 0 fully saturated rings. The van der Waals surface area contributed by atoms with Gasteiger partial charge in [0.2, 0.25) is 5.91 Å². The van der Waals surface area contributed by atoms with Gasteiger partial charge in [0.15, 0.2) is 0 Å². The van der Waals surface area contributed by atoms with Crippen molar-refractivity contribution in [2.24, 2.45) is 5.92 Å². The summed E-state index contributed by atoms with van der Waals surface area (Å²) in [6.45, 7) is 10.2. The summed E-state index contributed by atoms with van der Waals surface area (Å²) in [5.74, 6) is 0.324. The van der Waals surface area contributed by atoms with Crippen LogP contribution in [-0.4, -0.2) is 45.3 Å². The van der Waals surface area contributed by atoms with Crippen LogP contribution in [0.4, 0.5) is 0 Å². The van der Waals surface area contributed by atoms with Gasteiger partial charge in [0.1, 0.15) is 6.54 Å². The van der Waals surface area contributed by atoms with Crippen LogP contribution in [0.5, 0.6) is 0 Å². The number of amides is 2. The topological polar surface area (TPSA) is 45.6 Å². The van der Waals surface area contributed by atoms with Gasteiger partial charge in [0, 0.05) is 36.6 Å². The molecule has 0 saturated carbocycles. The van der Waals surface area contributed by atoms with Crippen LogP contribution in [0.25, 0.3) is 0 Å². The van der Waals surface area contributed by atoms with E-state index in [4.69, 9.17) is 0 Å². The van der Waals surface area contributed by atoms with Crippen LogP contribution in [0.2, 0.25) is 0 Å². The lowest BCUT2D eigenvalue weighted by atomic mass is 10.1. The molecular weight excluding hydrogens is 422 g/mol. The first-order chi connectivity index (χ1) is 16.3. The van der Waals surface area contributed by atoms with E-state index in [-0.39, 0.29) is 24.4 Å². The molecule has 2 aromatic carbocycles. The van der Waals surface area contributed by atoms with Crippen LogP contribution in [0.3, 0.4) is 0 Å². The monoisotopic (exact) mass is 459 g/mol. The van der Waals surface area contributed by atoms with E-state index >= 15 is 0 Å². The zero-order chi connectivity index (χ0) is 24.5. The van der Waals surface area contributed by atoms with Gasteiger partial charge in [-0.25, -0.2) is 0 Å². The van der Waals surface area contributed by atoms with Crippen molar-refractivity contribution in [2.75, 3.05) is 13.1 Å². The van der Waals surface area contributed by atoms with Gasteiger partial charge in [0.25, 0.3) is 5.91 Å². The van der Waals surface area contributed by atoms with Crippen molar-refractivity contribution < 1.29 is 9.59 Å². The second-order valence-electron chi connectivity index (χ2n) is 9.50. The summed E-state index contributed by atoms with van der Waals surface area (Å²) in [6, 6.07) is 23.7. The van der Waals surface area contributed by atoms with E-state index in [0.717, 1.165) is 18.7 Å². The molecule has 3 aromatic rings. The van der Waals surface area contributed by atoms with E-state index in [1.165, 1.54) is 5.56 Å². The molecule has 0 spiro atoms. The first kappa shape index (κ1) is 25.3. The van der Waals surface area contributed by atoms with Gasteiger partial charge in [-0.05, 0) is 56.0 Å². The Bertz CT molecular complexity index is 1040. The molecule has 5 heteroatoms. The van der Waals surface area contributed by atoms with Crippen LogP contribution >= 0.6 is 0 Å². The quantitative estimate of drug-likeness (QED) is 0.382. The van der Waals surface area contributed by atoms with E-state index in [1.54, 1.807) is 4.90 Å². The molecule has 0 bridgehead atoms. The Labute approximate surface area is 204 Å². The number of benzene rings is 2. The molecule has 0 aliphatic heterocycles. The minimum absolute atomic E-state index is 0.0198. The third kappa shape index (κ3) is 7.08. The smallest absolute Gasteiger partial charge is 0.254 e. The molecule has 34 heavy (non-hydrogen) atoms. The molecule has 0 aliphatic carbocycles. The molecule has 5 nitrogen and oxygen atoms in total. The summed E-state index contributed by atoms with van der Waals surface area (Å²) in [7, 11) is 0. The minimum atomic E-state index is -0.0919. The highest BCUT2D eigenvalue weighted by Crippen LogP contribution is 2.15. The number of hydrogen-bond donors (Lipinski definition) is 0. The van der Waals surface area contributed by atoms with Crippen molar-refractivity contribution in [1.82, 2.24) is 14.4 Å². The summed E-state index contributed by atoms with van der Waals surface area (Å²) in [5.41, 5.74) is 2.91. The number of hydrogen-bond acceptors (Lipinski definition) is 2. The van der Waals surface area contributed by atoms with Gasteiger partial charge in [-0.15, -0.1) is 0 Å². The highest BCUT2D eigenvalue weighted by molar-refractivity contribution is 5.96. The first-order valence-corrected chi connectivity index (χ1v) is 12.2. The van der Waals surface area contributed by atoms with E-state index < -0.39 is 0 Å². The molecule has 1 aromatic heterocycles. The average molecular weight is 460 g/mol. The highest BCUT2D eigenvalue weighted by Gasteiger charge is 2.24. The molecule has 0 saturated heterocycles. The first-order valence-electron chi connectivity index (χ1n) is 12.2. The van der Waals surface area contributed by atoms with Crippen LogP contribution < -0.4 is 0 Å². The fraction of sp³-hybridized carbons (Fsp3) is 0.379. The van der Waals surface area contributed by atoms with Crippen molar-refractivity contribution in [3.05, 3.63) is 95.8 Å². The van der Waals surface area contributed by atoms with E-state index in [1.807, 2.05) is 73.3 Å². The fourth-order valence-corrected chi connectivity index (χ4v) is 3.94. The lowest BCUT2D eigenvalue weighted by Crippen LogP contribution is -2.46. The Morgan fingerprint density at radius 1 is 0.853 bits per heavy atom. The van der Waals surface area contributed by atoms with Crippen molar-refractivity contribution in [3.8, 4) is 0 Å². The summed E-state index contributed by atoms with van der Waals surface area (Å²) >= 11 is 0. The van der Waals surface area contributed by atoms with Crippen LogP contribution in [0.15, 0.2) is 79.0 Å². The number of nitrogens with zero attached hydrogens (tertiary/aromatic N) is 3. The Balaban J connectivity index is 1.75. The second kappa shape index (κ2) is 12.2. The van der Waals surface area contributed by atoms with Gasteiger partial charge >= 0.3 is 0 Å². The van der Waals surface area contributed by atoms with Crippen LogP contribution in [-0.2, 0) is 17.9 Å². The number of aromatic nitrogens is 1. The van der Waals surface area contributed by atoms with Gasteiger partial charge in [-0.2, -0.15) is 0 Å². The number of carbonyl (C=O) groups excluding carboxylic acids is 2. The van der Waals surface area contributed by atoms with Crippen LogP contribution in [0.1, 0.15) is 55.7 Å². The summed E-state index contributed by atoms with van der Waals surface area (Å²) in [6.07, 6.45) is 2.91. The summed E-state index contributed by atoms with van der Waals surface area (Å²) < 4.78 is 2.18. The predicted octanol–water partition coefficient (Wildman–Crippen LogP) is 5.46. The number of rotatable bonds is 11. The van der Waals surface area contributed by atoms with Crippen molar-refractivity contribution in [2.45, 2.75) is 53.2 Å². The maximum Gasteiger partial charge on any atom is 0.254 e. The molecule has 1 heterocycles. The minimum Gasteiger partial charge on any atom is -0.345 e. The number of carbonyl (C=O) groups is 2. The fourth-order valence-electron chi connectivity index (χ4n) is 3.94. The lowest BCUT2D eigenvalue weighted by Gasteiger charge is -2.31. The maximum atomic E-state index is 13.5. The van der Waals surface area contributed by atoms with Gasteiger partial charge in [-0.3, -0.25) is 9.59 Å². The Hall–Kier alpha value is -3.34. The standard InChI is InChI=1S/C29H37N3O2/c1-23(2)17-19-31(29(34)26-14-9-6-10-15-26)22-28(33)32(24(3)4)21-27-16-11-18-30(27)20-25-12-7-5-8-13-25/h5-16,18,23-24H,17,19-22H2,1-4H3. The van der Waals surface area contributed by atoms with Gasteiger partial charge in [-0.1, -0.05) is 62.4 Å². The maximum absolute atomic E-state index is 13.5. The zero-order valence-corrected chi connectivity index (χ0v) is 20.9. The molecule has 0 atom stereocenters. The Kier molecular flexibility index (Phi) is 9.08. The third-order valence-corrected chi connectivity index (χ3v) is 6.01. The molecule has 0 unspecified atom stereocenters. The highest BCUT2D eigenvalue weighted by atomic mass is 16.2. The van der Waals surface area contributed by atoms with Crippen LogP contribution in [0, 0.1) is 5.92 Å². The Morgan fingerprint density at radius 3 is 2.12 bits per heavy atom. The SMILES string of the molecule is CC(C)CCN(CC(=O)N(Cc1cccn1Cc1ccccc1)C(C)C)C(=O)c1ccccc1. The van der Waals surface area contributed by atoms with Crippen molar-refractivity contribution in [3.63, 3.8) is 0 Å². The largest absolute Gasteiger partial charge is 0.345 e. The van der Waals surface area contributed by atoms with E-state index in [2.05, 4.69) is 42.8 Å². The van der Waals surface area contributed by atoms with Gasteiger partial charge in [0.05, 0.1) is 6.54 Å². The normalized spacial score (nSPS) is 11.1. The van der Waals surface area contributed by atoms with Gasteiger partial charge < -0.3 is 14.4 Å².